The molecule has 3 aromatic rings. The summed E-state index contributed by atoms with van der Waals surface area (Å²) in [5.74, 6) is -2.60. The third kappa shape index (κ3) is 3.93. The zero-order valence-electron chi connectivity index (χ0n) is 16.7. The number of rotatable bonds is 5. The van der Waals surface area contributed by atoms with Crippen molar-refractivity contribution in [2.24, 2.45) is 5.92 Å². The number of halogens is 2. The molecular weight excluding hydrogens is 410 g/mol. The normalized spacial score (nSPS) is 15.9. The van der Waals surface area contributed by atoms with Gasteiger partial charge in [0.1, 0.15) is 29.0 Å². The lowest BCUT2D eigenvalue weighted by molar-refractivity contribution is -0.129. The van der Waals surface area contributed by atoms with Crippen LogP contribution in [0.25, 0.3) is 5.69 Å². The van der Waals surface area contributed by atoms with Gasteiger partial charge in [0.25, 0.3) is 0 Å². The van der Waals surface area contributed by atoms with E-state index in [1.807, 2.05) is 0 Å². The number of aryl methyl sites for hydroxylation is 1. The SMILES string of the molecule is COc1ccc(NC(=O)C2CCN(c3cc(F)cc(F)c3)C2=O)cc1-n1nnnc1C. The van der Waals surface area contributed by atoms with Crippen LogP contribution in [0.2, 0.25) is 0 Å². The Balaban J connectivity index is 1.54. The molecule has 1 atom stereocenters. The van der Waals surface area contributed by atoms with E-state index in [4.69, 9.17) is 4.74 Å². The quantitative estimate of drug-likeness (QED) is 0.626. The largest absolute Gasteiger partial charge is 0.494 e. The predicted octanol–water partition coefficient (Wildman–Crippen LogP) is 2.25. The van der Waals surface area contributed by atoms with E-state index in [0.29, 0.717) is 22.9 Å². The molecule has 31 heavy (non-hydrogen) atoms. The summed E-state index contributed by atoms with van der Waals surface area (Å²) in [6.07, 6.45) is 0.220. The van der Waals surface area contributed by atoms with Crippen molar-refractivity contribution in [1.29, 1.82) is 0 Å². The number of aromatic nitrogens is 4. The molecule has 1 N–H and O–H groups in total. The van der Waals surface area contributed by atoms with Crippen molar-refractivity contribution in [2.45, 2.75) is 13.3 Å². The van der Waals surface area contributed by atoms with Gasteiger partial charge in [0.05, 0.1) is 7.11 Å². The summed E-state index contributed by atoms with van der Waals surface area (Å²) in [6.45, 7) is 1.89. The minimum absolute atomic E-state index is 0.0821. The highest BCUT2D eigenvalue weighted by Crippen LogP contribution is 2.29. The smallest absolute Gasteiger partial charge is 0.239 e. The van der Waals surface area contributed by atoms with Gasteiger partial charge in [0.15, 0.2) is 5.82 Å². The maximum absolute atomic E-state index is 13.5. The van der Waals surface area contributed by atoms with Crippen molar-refractivity contribution in [2.75, 3.05) is 23.9 Å². The van der Waals surface area contributed by atoms with Gasteiger partial charge in [-0.3, -0.25) is 9.59 Å². The molecule has 11 heteroatoms. The first-order valence-electron chi connectivity index (χ1n) is 9.39. The number of hydrogen-bond donors (Lipinski definition) is 1. The number of anilines is 2. The Morgan fingerprint density at radius 2 is 1.94 bits per heavy atom. The molecule has 2 amide bonds. The number of benzene rings is 2. The molecule has 1 fully saturated rings. The second kappa shape index (κ2) is 8.09. The van der Waals surface area contributed by atoms with Crippen LogP contribution in [0.5, 0.6) is 5.75 Å². The van der Waals surface area contributed by atoms with Crippen LogP contribution in [0.3, 0.4) is 0 Å². The minimum atomic E-state index is -0.980. The van der Waals surface area contributed by atoms with Crippen LogP contribution < -0.4 is 15.0 Å². The van der Waals surface area contributed by atoms with Gasteiger partial charge in [-0.15, -0.1) is 5.10 Å². The molecule has 4 rings (SSSR count). The van der Waals surface area contributed by atoms with Crippen molar-refractivity contribution < 1.29 is 23.1 Å². The van der Waals surface area contributed by atoms with Crippen LogP contribution in [0.4, 0.5) is 20.2 Å². The van der Waals surface area contributed by atoms with Crippen molar-refractivity contribution in [3.05, 3.63) is 53.9 Å². The fourth-order valence-corrected chi connectivity index (χ4v) is 3.49. The van der Waals surface area contributed by atoms with Crippen LogP contribution in [-0.2, 0) is 9.59 Å². The van der Waals surface area contributed by atoms with Gasteiger partial charge >= 0.3 is 0 Å². The lowest BCUT2D eigenvalue weighted by Gasteiger charge is -2.17. The first kappa shape index (κ1) is 20.4. The highest BCUT2D eigenvalue weighted by molar-refractivity contribution is 6.13. The van der Waals surface area contributed by atoms with E-state index in [1.54, 1.807) is 25.1 Å². The highest BCUT2D eigenvalue weighted by atomic mass is 19.1. The summed E-state index contributed by atoms with van der Waals surface area (Å²) in [5.41, 5.74) is 1.01. The second-order valence-electron chi connectivity index (χ2n) is 6.97. The van der Waals surface area contributed by atoms with Crippen molar-refractivity contribution in [3.63, 3.8) is 0 Å². The number of ether oxygens (including phenoxy) is 1. The highest BCUT2D eigenvalue weighted by Gasteiger charge is 2.38. The summed E-state index contributed by atoms with van der Waals surface area (Å²) < 4.78 is 33.8. The molecule has 0 aliphatic carbocycles. The van der Waals surface area contributed by atoms with Crippen LogP contribution >= 0.6 is 0 Å². The Morgan fingerprint density at radius 1 is 1.19 bits per heavy atom. The molecule has 2 heterocycles. The predicted molar refractivity (Wildman–Crippen MR) is 106 cm³/mol. The number of carbonyl (C=O) groups is 2. The molecule has 1 unspecified atom stereocenters. The van der Waals surface area contributed by atoms with Gasteiger partial charge in [-0.25, -0.2) is 8.78 Å². The number of methoxy groups -OCH3 is 1. The molecule has 0 bridgehead atoms. The Morgan fingerprint density at radius 3 is 2.58 bits per heavy atom. The lowest BCUT2D eigenvalue weighted by Crippen LogP contribution is -2.33. The summed E-state index contributed by atoms with van der Waals surface area (Å²) in [5, 5.41) is 14.1. The van der Waals surface area contributed by atoms with E-state index in [9.17, 15) is 18.4 Å². The number of amides is 2. The minimum Gasteiger partial charge on any atom is -0.494 e. The summed E-state index contributed by atoms with van der Waals surface area (Å²) in [7, 11) is 1.50. The molecule has 1 aromatic heterocycles. The molecule has 0 radical (unpaired) electrons. The Hall–Kier alpha value is -3.89. The molecule has 9 nitrogen and oxygen atoms in total. The number of tetrazole rings is 1. The standard InChI is InChI=1S/C20H18F2N6O3/c1-11-24-25-26-28(11)17-10-14(3-4-18(17)31-2)23-19(29)16-5-6-27(20(16)30)15-8-12(21)7-13(22)9-15/h3-4,7-10,16H,5-6H2,1-2H3,(H,23,29). The van der Waals surface area contributed by atoms with Gasteiger partial charge in [-0.05, 0) is 54.1 Å². The average Bonchev–Trinajstić information content (AvgIpc) is 3.32. The van der Waals surface area contributed by atoms with Gasteiger partial charge in [0.2, 0.25) is 11.8 Å². The third-order valence-corrected chi connectivity index (χ3v) is 4.98. The average molecular weight is 428 g/mol. The monoisotopic (exact) mass is 428 g/mol. The number of nitrogens with zero attached hydrogens (tertiary/aromatic N) is 5. The molecular formula is C20H18F2N6O3. The zero-order valence-corrected chi connectivity index (χ0v) is 16.7. The molecule has 1 saturated heterocycles. The third-order valence-electron chi connectivity index (χ3n) is 4.98. The first-order chi connectivity index (χ1) is 14.9. The maximum Gasteiger partial charge on any atom is 0.239 e. The topological polar surface area (TPSA) is 102 Å². The molecule has 2 aromatic carbocycles. The van der Waals surface area contributed by atoms with E-state index in [-0.39, 0.29) is 18.7 Å². The van der Waals surface area contributed by atoms with Gasteiger partial charge in [-0.1, -0.05) is 0 Å². The molecule has 1 aliphatic rings. The maximum atomic E-state index is 13.5. The van der Waals surface area contributed by atoms with Crippen LogP contribution in [0.1, 0.15) is 12.2 Å². The summed E-state index contributed by atoms with van der Waals surface area (Å²) >= 11 is 0. The first-order valence-corrected chi connectivity index (χ1v) is 9.39. The second-order valence-corrected chi connectivity index (χ2v) is 6.97. The van der Waals surface area contributed by atoms with E-state index >= 15 is 0 Å². The summed E-state index contributed by atoms with van der Waals surface area (Å²) in [6, 6.07) is 7.74. The van der Waals surface area contributed by atoms with Crippen molar-refractivity contribution in [3.8, 4) is 11.4 Å². The molecule has 1 aliphatic heterocycles. The van der Waals surface area contributed by atoms with Crippen molar-refractivity contribution >= 4 is 23.2 Å². The molecule has 0 spiro atoms. The number of hydrogen-bond acceptors (Lipinski definition) is 6. The Bertz CT molecular complexity index is 1150. The van der Waals surface area contributed by atoms with Gasteiger partial charge in [-0.2, -0.15) is 4.68 Å². The van der Waals surface area contributed by atoms with E-state index in [1.165, 1.54) is 16.7 Å². The lowest BCUT2D eigenvalue weighted by atomic mass is 10.1. The van der Waals surface area contributed by atoms with Gasteiger partial charge in [0, 0.05) is 24.0 Å². The fraction of sp³-hybridized carbons (Fsp3) is 0.250. The van der Waals surface area contributed by atoms with E-state index in [0.717, 1.165) is 18.2 Å². The van der Waals surface area contributed by atoms with Crippen LogP contribution in [0, 0.1) is 24.5 Å². The van der Waals surface area contributed by atoms with E-state index < -0.39 is 29.4 Å². The number of nitrogens with one attached hydrogen (secondary N) is 1. The fourth-order valence-electron chi connectivity index (χ4n) is 3.49. The molecule has 0 saturated carbocycles. The summed E-state index contributed by atoms with van der Waals surface area (Å²) in [4.78, 5) is 26.7. The van der Waals surface area contributed by atoms with Crippen LogP contribution in [-0.4, -0.2) is 45.7 Å². The van der Waals surface area contributed by atoms with Crippen molar-refractivity contribution in [1.82, 2.24) is 20.2 Å². The molecule has 160 valence electrons. The van der Waals surface area contributed by atoms with Crippen LogP contribution in [0.15, 0.2) is 36.4 Å². The Labute approximate surface area is 175 Å². The zero-order chi connectivity index (χ0) is 22.1. The number of carbonyl (C=O) groups excluding carboxylic acids is 2. The van der Waals surface area contributed by atoms with Gasteiger partial charge < -0.3 is 15.0 Å². The van der Waals surface area contributed by atoms with E-state index in [2.05, 4.69) is 20.8 Å². The Kier molecular flexibility index (Phi) is 5.32.